The van der Waals surface area contributed by atoms with Crippen molar-refractivity contribution in [3.63, 3.8) is 0 Å². The van der Waals surface area contributed by atoms with Crippen LogP contribution in [0.15, 0.2) is 12.3 Å². The third-order valence-electron chi connectivity index (χ3n) is 2.10. The van der Waals surface area contributed by atoms with Gasteiger partial charge >= 0.3 is 12.1 Å². The molecule has 1 rings (SSSR count). The maximum Gasteiger partial charge on any atom is 0.407 e. The lowest BCUT2D eigenvalue weighted by Crippen LogP contribution is -2.32. The summed E-state index contributed by atoms with van der Waals surface area (Å²) in [4.78, 5) is 26.2. The Bertz CT molecular complexity index is 494. The van der Waals surface area contributed by atoms with E-state index in [-0.39, 0.29) is 17.9 Å². The molecule has 4 N–H and O–H groups in total. The van der Waals surface area contributed by atoms with Crippen LogP contribution in [0.4, 0.5) is 10.6 Å². The first kappa shape index (κ1) is 14.7. The maximum atomic E-state index is 11.5. The summed E-state index contributed by atoms with van der Waals surface area (Å²) in [5.41, 5.74) is 5.13. The molecule has 0 bridgehead atoms. The number of carbonyl (C=O) groups is 2. The first-order chi connectivity index (χ1) is 8.70. The number of pyridine rings is 1. The SMILES string of the molecule is CC(C)(C)OC(=O)NCc1ccnc(N)c1C(=O)O. The molecule has 1 aromatic rings. The predicted molar refractivity (Wildman–Crippen MR) is 68.7 cm³/mol. The maximum absolute atomic E-state index is 11.5. The van der Waals surface area contributed by atoms with Crippen LogP contribution in [0.5, 0.6) is 0 Å². The standard InChI is InChI=1S/C12H17N3O4/c1-12(2,3)19-11(18)15-6-7-4-5-14-9(13)8(7)10(16)17/h4-5H,6H2,1-3H3,(H2,13,14)(H,15,18)(H,16,17). The molecule has 0 radical (unpaired) electrons. The Hall–Kier alpha value is -2.31. The van der Waals surface area contributed by atoms with E-state index < -0.39 is 17.7 Å². The van der Waals surface area contributed by atoms with Crippen LogP contribution < -0.4 is 11.1 Å². The van der Waals surface area contributed by atoms with Crippen molar-refractivity contribution in [1.82, 2.24) is 10.3 Å². The Morgan fingerprint density at radius 1 is 1.47 bits per heavy atom. The van der Waals surface area contributed by atoms with Gasteiger partial charge in [0.1, 0.15) is 17.0 Å². The monoisotopic (exact) mass is 267 g/mol. The topological polar surface area (TPSA) is 115 Å². The van der Waals surface area contributed by atoms with Gasteiger partial charge in [-0.05, 0) is 32.4 Å². The number of alkyl carbamates (subject to hydrolysis) is 1. The highest BCUT2D eigenvalue weighted by molar-refractivity contribution is 5.94. The predicted octanol–water partition coefficient (Wildman–Crippen LogP) is 1.39. The van der Waals surface area contributed by atoms with Crippen molar-refractivity contribution in [1.29, 1.82) is 0 Å². The number of nitrogen functional groups attached to an aromatic ring is 1. The second kappa shape index (κ2) is 5.55. The molecule has 0 saturated carbocycles. The Kier molecular flexibility index (Phi) is 4.31. The number of amides is 1. The minimum absolute atomic E-state index is 0.00324. The lowest BCUT2D eigenvalue weighted by molar-refractivity contribution is 0.0521. The Morgan fingerprint density at radius 2 is 2.11 bits per heavy atom. The van der Waals surface area contributed by atoms with Gasteiger partial charge in [-0.2, -0.15) is 0 Å². The molecule has 7 nitrogen and oxygen atoms in total. The summed E-state index contributed by atoms with van der Waals surface area (Å²) in [5, 5.41) is 11.5. The number of carbonyl (C=O) groups excluding carboxylic acids is 1. The number of aromatic nitrogens is 1. The van der Waals surface area contributed by atoms with Crippen LogP contribution in [-0.4, -0.2) is 27.8 Å². The van der Waals surface area contributed by atoms with Crippen LogP contribution in [-0.2, 0) is 11.3 Å². The lowest BCUT2D eigenvalue weighted by atomic mass is 10.1. The van der Waals surface area contributed by atoms with E-state index in [1.807, 2.05) is 0 Å². The number of ether oxygens (including phenoxy) is 1. The van der Waals surface area contributed by atoms with Gasteiger partial charge in [0.25, 0.3) is 0 Å². The van der Waals surface area contributed by atoms with Crippen molar-refractivity contribution in [3.8, 4) is 0 Å². The summed E-state index contributed by atoms with van der Waals surface area (Å²) < 4.78 is 5.05. The van der Waals surface area contributed by atoms with Crippen molar-refractivity contribution in [2.24, 2.45) is 0 Å². The molecule has 0 atom stereocenters. The molecule has 19 heavy (non-hydrogen) atoms. The van der Waals surface area contributed by atoms with Crippen molar-refractivity contribution in [2.45, 2.75) is 32.9 Å². The highest BCUT2D eigenvalue weighted by Crippen LogP contribution is 2.14. The minimum atomic E-state index is -1.19. The highest BCUT2D eigenvalue weighted by atomic mass is 16.6. The zero-order valence-electron chi connectivity index (χ0n) is 11.1. The minimum Gasteiger partial charge on any atom is -0.478 e. The van der Waals surface area contributed by atoms with Crippen LogP contribution in [0, 0.1) is 0 Å². The number of nitrogens with zero attached hydrogens (tertiary/aromatic N) is 1. The molecule has 104 valence electrons. The van der Waals surface area contributed by atoms with E-state index in [1.54, 1.807) is 20.8 Å². The second-order valence-electron chi connectivity index (χ2n) is 4.89. The second-order valence-corrected chi connectivity index (χ2v) is 4.89. The number of rotatable bonds is 3. The van der Waals surface area contributed by atoms with Crippen LogP contribution in [0.1, 0.15) is 36.7 Å². The van der Waals surface area contributed by atoms with E-state index in [2.05, 4.69) is 10.3 Å². The van der Waals surface area contributed by atoms with Crippen LogP contribution in [0.25, 0.3) is 0 Å². The van der Waals surface area contributed by atoms with Crippen molar-refractivity contribution in [2.75, 3.05) is 5.73 Å². The fourth-order valence-corrected chi connectivity index (χ4v) is 1.40. The van der Waals surface area contributed by atoms with Gasteiger partial charge in [-0.3, -0.25) is 0 Å². The van der Waals surface area contributed by atoms with Crippen LogP contribution in [0.2, 0.25) is 0 Å². The summed E-state index contributed by atoms with van der Waals surface area (Å²) in [6, 6.07) is 1.48. The molecule has 0 aliphatic carbocycles. The molecule has 0 aromatic carbocycles. The zero-order valence-corrected chi connectivity index (χ0v) is 11.1. The third-order valence-corrected chi connectivity index (χ3v) is 2.10. The number of carboxylic acids is 1. The number of nitrogens with one attached hydrogen (secondary N) is 1. The summed E-state index contributed by atoms with van der Waals surface area (Å²) >= 11 is 0. The number of hydrogen-bond acceptors (Lipinski definition) is 5. The highest BCUT2D eigenvalue weighted by Gasteiger charge is 2.18. The average Bonchev–Trinajstić information content (AvgIpc) is 2.23. The molecule has 0 aliphatic heterocycles. The summed E-state index contributed by atoms with van der Waals surface area (Å²) in [5.74, 6) is -1.28. The molecule has 0 saturated heterocycles. The van der Waals surface area contributed by atoms with Gasteiger partial charge in [-0.1, -0.05) is 0 Å². The molecule has 0 unspecified atom stereocenters. The quantitative estimate of drug-likeness (QED) is 0.762. The van der Waals surface area contributed by atoms with E-state index in [9.17, 15) is 9.59 Å². The first-order valence-electron chi connectivity index (χ1n) is 5.64. The number of carboxylic acid groups (broad SMARTS) is 1. The number of hydrogen-bond donors (Lipinski definition) is 3. The molecule has 1 heterocycles. The summed E-state index contributed by atoms with van der Waals surface area (Å²) in [6.45, 7) is 5.21. The molecular weight excluding hydrogens is 250 g/mol. The van der Waals surface area contributed by atoms with Crippen molar-refractivity contribution in [3.05, 3.63) is 23.4 Å². The molecule has 1 aromatic heterocycles. The van der Waals surface area contributed by atoms with Gasteiger partial charge in [-0.25, -0.2) is 14.6 Å². The van der Waals surface area contributed by atoms with Crippen molar-refractivity contribution < 1.29 is 19.4 Å². The van der Waals surface area contributed by atoms with E-state index in [0.29, 0.717) is 5.56 Å². The summed E-state index contributed by atoms with van der Waals surface area (Å²) in [7, 11) is 0. The Morgan fingerprint density at radius 3 is 2.63 bits per heavy atom. The van der Waals surface area contributed by atoms with Gasteiger partial charge in [0.2, 0.25) is 0 Å². The largest absolute Gasteiger partial charge is 0.478 e. The van der Waals surface area contributed by atoms with Gasteiger partial charge < -0.3 is 20.9 Å². The number of aromatic carboxylic acids is 1. The number of anilines is 1. The zero-order chi connectivity index (χ0) is 14.6. The summed E-state index contributed by atoms with van der Waals surface area (Å²) in [6.07, 6.45) is 0.757. The molecule has 7 heteroatoms. The molecular formula is C12H17N3O4. The smallest absolute Gasteiger partial charge is 0.407 e. The molecule has 0 fully saturated rings. The fraction of sp³-hybridized carbons (Fsp3) is 0.417. The van der Waals surface area contributed by atoms with Crippen LogP contribution in [0.3, 0.4) is 0 Å². The van der Waals surface area contributed by atoms with E-state index in [0.717, 1.165) is 0 Å². The van der Waals surface area contributed by atoms with E-state index in [1.165, 1.54) is 12.3 Å². The Balaban J connectivity index is 2.76. The van der Waals surface area contributed by atoms with Gasteiger partial charge in [0, 0.05) is 12.7 Å². The Labute approximate surface area is 110 Å². The van der Waals surface area contributed by atoms with Crippen LogP contribution >= 0.6 is 0 Å². The van der Waals surface area contributed by atoms with E-state index in [4.69, 9.17) is 15.6 Å². The van der Waals surface area contributed by atoms with Gasteiger partial charge in [0.05, 0.1) is 0 Å². The molecule has 1 amide bonds. The molecule has 0 spiro atoms. The number of nitrogens with two attached hydrogens (primary N) is 1. The normalized spacial score (nSPS) is 10.9. The lowest BCUT2D eigenvalue weighted by Gasteiger charge is -2.20. The van der Waals surface area contributed by atoms with E-state index >= 15 is 0 Å². The average molecular weight is 267 g/mol. The third kappa shape index (κ3) is 4.46. The molecule has 0 aliphatic rings. The first-order valence-corrected chi connectivity index (χ1v) is 5.64. The van der Waals surface area contributed by atoms with Crippen molar-refractivity contribution >= 4 is 17.9 Å². The van der Waals surface area contributed by atoms with Gasteiger partial charge in [0.15, 0.2) is 0 Å². The van der Waals surface area contributed by atoms with Gasteiger partial charge in [-0.15, -0.1) is 0 Å². The fourth-order valence-electron chi connectivity index (χ4n) is 1.40.